The number of nitrogens with one attached hydrogen (secondary N) is 1. The van der Waals surface area contributed by atoms with E-state index in [9.17, 15) is 12.8 Å². The molecule has 0 saturated heterocycles. The molecule has 0 atom stereocenters. The maximum absolute atomic E-state index is 12.7. The van der Waals surface area contributed by atoms with Crippen molar-refractivity contribution in [3.8, 4) is 0 Å². The molecular weight excluding hydrogens is 267 g/mol. The van der Waals surface area contributed by atoms with Crippen molar-refractivity contribution in [2.45, 2.75) is 25.2 Å². The van der Waals surface area contributed by atoms with Crippen LogP contribution in [0.3, 0.4) is 0 Å². The summed E-state index contributed by atoms with van der Waals surface area (Å²) in [7, 11) is -3.52. The van der Waals surface area contributed by atoms with Gasteiger partial charge in [0.25, 0.3) is 0 Å². The summed E-state index contributed by atoms with van der Waals surface area (Å²) in [6.45, 7) is 7.32. The highest BCUT2D eigenvalue weighted by molar-refractivity contribution is 7.89. The first-order valence-corrected chi connectivity index (χ1v) is 7.95. The molecule has 0 heterocycles. The quantitative estimate of drug-likeness (QED) is 0.743. The van der Waals surface area contributed by atoms with E-state index in [1.54, 1.807) is 0 Å². The average molecular weight is 288 g/mol. The van der Waals surface area contributed by atoms with Crippen LogP contribution in [0.1, 0.15) is 20.3 Å². The topological polar surface area (TPSA) is 49.4 Å². The van der Waals surface area contributed by atoms with Gasteiger partial charge in [-0.25, -0.2) is 17.5 Å². The molecule has 0 spiro atoms. The summed E-state index contributed by atoms with van der Waals surface area (Å²) < 4.78 is 39.0. The summed E-state index contributed by atoms with van der Waals surface area (Å²) >= 11 is 0. The molecule has 0 aliphatic rings. The second kappa shape index (κ2) is 7.57. The molecule has 108 valence electrons. The van der Waals surface area contributed by atoms with E-state index in [-0.39, 0.29) is 4.90 Å². The van der Waals surface area contributed by atoms with Gasteiger partial charge >= 0.3 is 0 Å². The SMILES string of the molecule is CCN(CC)CCCNS(=O)(=O)c1ccc(F)cc1. The molecule has 0 amide bonds. The fourth-order valence-corrected chi connectivity index (χ4v) is 2.82. The van der Waals surface area contributed by atoms with E-state index >= 15 is 0 Å². The number of hydrogen-bond acceptors (Lipinski definition) is 3. The second-order valence-corrected chi connectivity index (χ2v) is 6.00. The molecule has 0 bridgehead atoms. The van der Waals surface area contributed by atoms with Crippen molar-refractivity contribution in [2.24, 2.45) is 0 Å². The molecule has 1 rings (SSSR count). The molecule has 0 aliphatic heterocycles. The van der Waals surface area contributed by atoms with Gasteiger partial charge in [0, 0.05) is 6.54 Å². The van der Waals surface area contributed by atoms with E-state index in [1.165, 1.54) is 12.1 Å². The predicted molar refractivity (Wildman–Crippen MR) is 74.0 cm³/mol. The molecule has 1 aromatic rings. The van der Waals surface area contributed by atoms with Crippen molar-refractivity contribution in [2.75, 3.05) is 26.2 Å². The van der Waals surface area contributed by atoms with E-state index in [2.05, 4.69) is 23.5 Å². The lowest BCUT2D eigenvalue weighted by Gasteiger charge is -2.17. The van der Waals surface area contributed by atoms with Gasteiger partial charge in [-0.1, -0.05) is 13.8 Å². The largest absolute Gasteiger partial charge is 0.304 e. The summed E-state index contributed by atoms with van der Waals surface area (Å²) in [4.78, 5) is 2.32. The van der Waals surface area contributed by atoms with Crippen LogP contribution in [0.2, 0.25) is 0 Å². The van der Waals surface area contributed by atoms with Crippen molar-refractivity contribution in [1.82, 2.24) is 9.62 Å². The van der Waals surface area contributed by atoms with Crippen molar-refractivity contribution in [3.63, 3.8) is 0 Å². The lowest BCUT2D eigenvalue weighted by Crippen LogP contribution is -2.30. The molecule has 6 heteroatoms. The first-order valence-electron chi connectivity index (χ1n) is 6.47. The molecule has 0 aromatic heterocycles. The van der Waals surface area contributed by atoms with Gasteiger partial charge < -0.3 is 4.90 Å². The van der Waals surface area contributed by atoms with E-state index in [1.807, 2.05) is 0 Å². The second-order valence-electron chi connectivity index (χ2n) is 4.23. The van der Waals surface area contributed by atoms with Crippen molar-refractivity contribution < 1.29 is 12.8 Å². The third kappa shape index (κ3) is 5.26. The Balaban J connectivity index is 2.45. The minimum Gasteiger partial charge on any atom is -0.304 e. The lowest BCUT2D eigenvalue weighted by atomic mass is 10.4. The van der Waals surface area contributed by atoms with E-state index < -0.39 is 15.8 Å². The fourth-order valence-electron chi connectivity index (χ4n) is 1.75. The normalized spacial score (nSPS) is 12.0. The monoisotopic (exact) mass is 288 g/mol. The number of sulfonamides is 1. The number of nitrogens with zero attached hydrogens (tertiary/aromatic N) is 1. The molecule has 1 aromatic carbocycles. The Morgan fingerprint density at radius 1 is 1.16 bits per heavy atom. The predicted octanol–water partition coefficient (Wildman–Crippen LogP) is 1.84. The summed E-state index contributed by atoms with van der Waals surface area (Å²) in [6, 6.07) is 4.82. The molecule has 1 N–H and O–H groups in total. The molecule has 19 heavy (non-hydrogen) atoms. The first kappa shape index (κ1) is 16.1. The summed E-state index contributed by atoms with van der Waals surface area (Å²) in [6.07, 6.45) is 0.752. The number of rotatable bonds is 8. The maximum atomic E-state index is 12.7. The van der Waals surface area contributed by atoms with Gasteiger partial charge in [-0.05, 0) is 50.3 Å². The molecule has 4 nitrogen and oxygen atoms in total. The minimum absolute atomic E-state index is 0.0942. The van der Waals surface area contributed by atoms with E-state index in [4.69, 9.17) is 0 Å². The third-order valence-corrected chi connectivity index (χ3v) is 4.44. The van der Waals surface area contributed by atoms with Gasteiger partial charge in [0.05, 0.1) is 4.90 Å². The molecule has 0 radical (unpaired) electrons. The van der Waals surface area contributed by atoms with Crippen LogP contribution in [-0.4, -0.2) is 39.5 Å². The highest BCUT2D eigenvalue weighted by atomic mass is 32.2. The Morgan fingerprint density at radius 3 is 2.26 bits per heavy atom. The number of benzene rings is 1. The lowest BCUT2D eigenvalue weighted by molar-refractivity contribution is 0.300. The summed E-state index contributed by atoms with van der Waals surface area (Å²) in [5.41, 5.74) is 0. The van der Waals surface area contributed by atoms with Crippen LogP contribution in [0.5, 0.6) is 0 Å². The van der Waals surface area contributed by atoms with Crippen molar-refractivity contribution in [1.29, 1.82) is 0 Å². The van der Waals surface area contributed by atoms with E-state index in [0.29, 0.717) is 6.54 Å². The zero-order valence-corrected chi connectivity index (χ0v) is 12.2. The fraction of sp³-hybridized carbons (Fsp3) is 0.538. The number of halogens is 1. The van der Waals surface area contributed by atoms with E-state index in [0.717, 1.165) is 38.2 Å². The minimum atomic E-state index is -3.52. The molecular formula is C13H21FN2O2S. The highest BCUT2D eigenvalue weighted by Gasteiger charge is 2.13. The standard InChI is InChI=1S/C13H21FN2O2S/c1-3-16(4-2)11-5-10-15-19(17,18)13-8-6-12(14)7-9-13/h6-9,15H,3-5,10-11H2,1-2H3. The van der Waals surface area contributed by atoms with Crippen LogP contribution in [0, 0.1) is 5.82 Å². The van der Waals surface area contributed by atoms with Gasteiger partial charge in [0.1, 0.15) is 5.82 Å². The van der Waals surface area contributed by atoms with Crippen LogP contribution < -0.4 is 4.72 Å². The Morgan fingerprint density at radius 2 is 1.74 bits per heavy atom. The smallest absolute Gasteiger partial charge is 0.240 e. The Bertz CT molecular complexity index is 470. The first-order chi connectivity index (χ1) is 8.99. The summed E-state index contributed by atoms with van der Waals surface area (Å²) in [5.74, 6) is -0.444. The maximum Gasteiger partial charge on any atom is 0.240 e. The van der Waals surface area contributed by atoms with Crippen molar-refractivity contribution in [3.05, 3.63) is 30.1 Å². The van der Waals surface area contributed by atoms with Crippen LogP contribution in [0.15, 0.2) is 29.2 Å². The Labute approximate surface area is 114 Å². The number of hydrogen-bond donors (Lipinski definition) is 1. The van der Waals surface area contributed by atoms with Crippen LogP contribution in [0.25, 0.3) is 0 Å². The zero-order valence-electron chi connectivity index (χ0n) is 11.4. The van der Waals surface area contributed by atoms with Crippen molar-refractivity contribution >= 4 is 10.0 Å². The third-order valence-electron chi connectivity index (χ3n) is 2.96. The van der Waals surface area contributed by atoms with Gasteiger partial charge in [0.2, 0.25) is 10.0 Å². The molecule has 0 aliphatic carbocycles. The van der Waals surface area contributed by atoms with Gasteiger partial charge in [-0.2, -0.15) is 0 Å². The molecule has 0 fully saturated rings. The Kier molecular flexibility index (Phi) is 6.41. The molecule has 0 saturated carbocycles. The van der Waals surface area contributed by atoms with Gasteiger partial charge in [-0.3, -0.25) is 0 Å². The average Bonchev–Trinajstić information content (AvgIpc) is 2.39. The Hall–Kier alpha value is -0.980. The van der Waals surface area contributed by atoms with Gasteiger partial charge in [-0.15, -0.1) is 0 Å². The van der Waals surface area contributed by atoms with Crippen LogP contribution in [0.4, 0.5) is 4.39 Å². The summed E-state index contributed by atoms with van der Waals surface area (Å²) in [5, 5.41) is 0. The molecule has 0 unspecified atom stereocenters. The van der Waals surface area contributed by atoms with Crippen LogP contribution >= 0.6 is 0 Å². The van der Waals surface area contributed by atoms with Gasteiger partial charge in [0.15, 0.2) is 0 Å². The zero-order chi connectivity index (χ0) is 14.3. The van der Waals surface area contributed by atoms with Crippen LogP contribution in [-0.2, 0) is 10.0 Å². The highest BCUT2D eigenvalue weighted by Crippen LogP contribution is 2.09.